The van der Waals surface area contributed by atoms with E-state index < -0.39 is 0 Å². The number of hydrogen-bond donors (Lipinski definition) is 0. The molecule has 0 aliphatic carbocycles. The first kappa shape index (κ1) is 15.7. The Kier molecular flexibility index (Phi) is 3.64. The largest absolute Gasteiger partial charge is 0.327 e. The first-order chi connectivity index (χ1) is 12.7. The molecule has 2 bridgehead atoms. The molecule has 1 amide bonds. The minimum atomic E-state index is 0.113. The maximum Gasteiger partial charge on any atom is 0.264 e. The Morgan fingerprint density at radius 3 is 2.81 bits per heavy atom. The summed E-state index contributed by atoms with van der Waals surface area (Å²) in [7, 11) is 0. The predicted octanol–water partition coefficient (Wildman–Crippen LogP) is 4.42. The summed E-state index contributed by atoms with van der Waals surface area (Å²) in [4.78, 5) is 25.6. The van der Waals surface area contributed by atoms with Crippen molar-refractivity contribution in [2.24, 2.45) is 0 Å². The van der Waals surface area contributed by atoms with Gasteiger partial charge in [0.1, 0.15) is 0 Å². The topological polar surface area (TPSA) is 46.1 Å². The molecule has 0 spiro atoms. The van der Waals surface area contributed by atoms with E-state index in [0.29, 0.717) is 0 Å². The van der Waals surface area contributed by atoms with E-state index in [-0.39, 0.29) is 18.0 Å². The zero-order valence-corrected chi connectivity index (χ0v) is 15.4. The molecule has 0 saturated carbocycles. The van der Waals surface area contributed by atoms with E-state index in [1.165, 1.54) is 0 Å². The quantitative estimate of drug-likeness (QED) is 0.679. The molecule has 1 aromatic carbocycles. The summed E-state index contributed by atoms with van der Waals surface area (Å²) >= 11 is 1.54. The monoisotopic (exact) mass is 361 g/mol. The highest BCUT2D eigenvalue weighted by molar-refractivity contribution is 7.12. The van der Waals surface area contributed by atoms with Crippen molar-refractivity contribution in [1.29, 1.82) is 0 Å². The van der Waals surface area contributed by atoms with Gasteiger partial charge in [-0.25, -0.2) is 9.97 Å². The van der Waals surface area contributed by atoms with Crippen LogP contribution in [-0.4, -0.2) is 26.8 Å². The lowest BCUT2D eigenvalue weighted by molar-refractivity contribution is 0.0648. The van der Waals surface area contributed by atoms with Crippen LogP contribution < -0.4 is 0 Å². The molecule has 1 saturated heterocycles. The number of rotatable bonds is 2. The average molecular weight is 361 g/mol. The standard InChI is InChI=1S/C21H19N3OS/c1-13-9-10-26-19(13)21(25)24-15-7-8-18(24)16-12-22-20(23-17(16)11-15)14-5-3-2-4-6-14/h2-6,9-10,12,15,18H,7-8,11H2,1H3/t15-,18+/m0/s1. The molecular weight excluding hydrogens is 342 g/mol. The summed E-state index contributed by atoms with van der Waals surface area (Å²) < 4.78 is 0. The molecule has 26 heavy (non-hydrogen) atoms. The van der Waals surface area contributed by atoms with Gasteiger partial charge in [0.25, 0.3) is 5.91 Å². The van der Waals surface area contributed by atoms with Crippen LogP contribution in [-0.2, 0) is 6.42 Å². The van der Waals surface area contributed by atoms with Crippen LogP contribution in [0.4, 0.5) is 0 Å². The highest BCUT2D eigenvalue weighted by Gasteiger charge is 2.44. The molecule has 2 aromatic heterocycles. The van der Waals surface area contributed by atoms with Crippen molar-refractivity contribution in [3.63, 3.8) is 0 Å². The Morgan fingerprint density at radius 1 is 1.19 bits per heavy atom. The second-order valence-corrected chi connectivity index (χ2v) is 7.97. The van der Waals surface area contributed by atoms with E-state index in [0.717, 1.165) is 52.3 Å². The number of benzene rings is 1. The molecule has 2 aliphatic heterocycles. The molecule has 130 valence electrons. The van der Waals surface area contributed by atoms with Crippen LogP contribution >= 0.6 is 11.3 Å². The second-order valence-electron chi connectivity index (χ2n) is 7.06. The molecule has 4 heterocycles. The van der Waals surface area contributed by atoms with Gasteiger partial charge in [-0.3, -0.25) is 4.79 Å². The van der Waals surface area contributed by atoms with Gasteiger partial charge in [0.05, 0.1) is 16.6 Å². The number of hydrogen-bond acceptors (Lipinski definition) is 4. The number of amides is 1. The van der Waals surface area contributed by atoms with Crippen molar-refractivity contribution in [2.45, 2.75) is 38.3 Å². The number of fused-ring (bicyclic) bond motifs is 4. The molecule has 5 heteroatoms. The Hall–Kier alpha value is -2.53. The number of thiophene rings is 1. The van der Waals surface area contributed by atoms with E-state index >= 15 is 0 Å². The highest BCUT2D eigenvalue weighted by atomic mass is 32.1. The average Bonchev–Trinajstić information content (AvgIpc) is 3.24. The van der Waals surface area contributed by atoms with Crippen molar-refractivity contribution >= 4 is 17.2 Å². The number of carbonyl (C=O) groups excluding carboxylic acids is 1. The van der Waals surface area contributed by atoms with Gasteiger partial charge < -0.3 is 4.90 Å². The normalized spacial score (nSPS) is 20.9. The van der Waals surface area contributed by atoms with E-state index in [1.54, 1.807) is 11.3 Å². The van der Waals surface area contributed by atoms with Crippen LogP contribution in [0, 0.1) is 6.92 Å². The van der Waals surface area contributed by atoms with Crippen LogP contribution in [0.5, 0.6) is 0 Å². The van der Waals surface area contributed by atoms with Gasteiger partial charge in [-0.15, -0.1) is 11.3 Å². The van der Waals surface area contributed by atoms with E-state index in [4.69, 9.17) is 4.98 Å². The Morgan fingerprint density at radius 2 is 2.04 bits per heavy atom. The van der Waals surface area contributed by atoms with Crippen molar-refractivity contribution in [3.05, 3.63) is 69.7 Å². The predicted molar refractivity (Wildman–Crippen MR) is 102 cm³/mol. The number of aryl methyl sites for hydroxylation is 1. The van der Waals surface area contributed by atoms with Crippen LogP contribution in [0.1, 0.15) is 45.4 Å². The van der Waals surface area contributed by atoms with Gasteiger partial charge in [0.15, 0.2) is 5.82 Å². The van der Waals surface area contributed by atoms with Crippen LogP contribution in [0.2, 0.25) is 0 Å². The number of carbonyl (C=O) groups is 1. The van der Waals surface area contributed by atoms with Gasteiger partial charge in [-0.1, -0.05) is 30.3 Å². The van der Waals surface area contributed by atoms with Gasteiger partial charge in [-0.05, 0) is 36.8 Å². The first-order valence-corrected chi connectivity index (χ1v) is 9.88. The van der Waals surface area contributed by atoms with Crippen molar-refractivity contribution in [1.82, 2.24) is 14.9 Å². The molecular formula is C21H19N3OS. The third-order valence-corrected chi connectivity index (χ3v) is 6.52. The van der Waals surface area contributed by atoms with Crippen molar-refractivity contribution in [2.75, 3.05) is 0 Å². The smallest absolute Gasteiger partial charge is 0.264 e. The Balaban J connectivity index is 1.51. The van der Waals surface area contributed by atoms with Gasteiger partial charge in [-0.2, -0.15) is 0 Å². The first-order valence-electron chi connectivity index (χ1n) is 9.00. The Labute approximate surface area is 156 Å². The summed E-state index contributed by atoms with van der Waals surface area (Å²) in [5, 5.41) is 2.00. The Bertz CT molecular complexity index is 982. The number of aromatic nitrogens is 2. The van der Waals surface area contributed by atoms with Gasteiger partial charge >= 0.3 is 0 Å². The number of nitrogens with zero attached hydrogens (tertiary/aromatic N) is 3. The fourth-order valence-electron chi connectivity index (χ4n) is 4.22. The fraction of sp³-hybridized carbons (Fsp3) is 0.286. The molecule has 5 rings (SSSR count). The lowest BCUT2D eigenvalue weighted by atomic mass is 9.98. The molecule has 4 nitrogen and oxygen atoms in total. The molecule has 0 radical (unpaired) electrons. The maximum absolute atomic E-state index is 13.1. The summed E-state index contributed by atoms with van der Waals surface area (Å²) in [5.41, 5.74) is 4.34. The van der Waals surface area contributed by atoms with Crippen LogP contribution in [0.3, 0.4) is 0 Å². The van der Waals surface area contributed by atoms with Gasteiger partial charge in [0.2, 0.25) is 0 Å². The zero-order valence-electron chi connectivity index (χ0n) is 14.6. The fourth-order valence-corrected chi connectivity index (χ4v) is 5.09. The second kappa shape index (κ2) is 6.02. The minimum absolute atomic E-state index is 0.113. The minimum Gasteiger partial charge on any atom is -0.327 e. The highest BCUT2D eigenvalue weighted by Crippen LogP contribution is 2.44. The maximum atomic E-state index is 13.1. The lowest BCUT2D eigenvalue weighted by Gasteiger charge is -2.35. The molecule has 2 aliphatic rings. The third-order valence-electron chi connectivity index (χ3n) is 5.51. The van der Waals surface area contributed by atoms with Crippen molar-refractivity contribution in [3.8, 4) is 11.4 Å². The molecule has 0 unspecified atom stereocenters. The van der Waals surface area contributed by atoms with Crippen LogP contribution in [0.15, 0.2) is 48.0 Å². The van der Waals surface area contributed by atoms with Crippen molar-refractivity contribution < 1.29 is 4.79 Å². The van der Waals surface area contributed by atoms with E-state index in [2.05, 4.69) is 9.88 Å². The molecule has 2 atom stereocenters. The van der Waals surface area contributed by atoms with E-state index in [9.17, 15) is 4.79 Å². The summed E-state index contributed by atoms with van der Waals surface area (Å²) in [6.45, 7) is 2.01. The lowest BCUT2D eigenvalue weighted by Crippen LogP contribution is -2.42. The summed E-state index contributed by atoms with van der Waals surface area (Å²) in [6, 6.07) is 12.5. The molecule has 3 aromatic rings. The molecule has 1 fully saturated rings. The third kappa shape index (κ3) is 2.38. The summed E-state index contributed by atoms with van der Waals surface area (Å²) in [6.07, 6.45) is 4.81. The van der Waals surface area contributed by atoms with Crippen LogP contribution in [0.25, 0.3) is 11.4 Å². The van der Waals surface area contributed by atoms with Gasteiger partial charge in [0, 0.05) is 29.8 Å². The van der Waals surface area contributed by atoms with E-state index in [1.807, 2.05) is 54.9 Å². The zero-order chi connectivity index (χ0) is 17.7. The SMILES string of the molecule is Cc1ccsc1C(=O)N1[C@H]2CC[C@@H]1c1cnc(-c3ccccc3)nc1C2. The molecule has 0 N–H and O–H groups in total. The summed E-state index contributed by atoms with van der Waals surface area (Å²) in [5.74, 6) is 0.945.